The molecule has 0 heterocycles. The van der Waals surface area contributed by atoms with Gasteiger partial charge in [-0.25, -0.2) is 0 Å². The van der Waals surface area contributed by atoms with E-state index in [0.717, 1.165) is 43.8 Å². The standard InChI is InChI=1S/C9H8BrNO.C9H8BrN.C8H6BrN/c1-12-9-4-7(5-10)2-3-8(9)6-11;1-7-3-2-4-8(6-11)9(7)5-10;9-5-7-3-1-2-4-8(7)6-10/h2-4H,5H2,1H3;2-4H,5H2,1H3;1-4H,5H2. The maximum Gasteiger partial charge on any atom is 0.136 e. The van der Waals surface area contributed by atoms with Crippen LogP contribution in [0.1, 0.15) is 38.9 Å². The monoisotopic (exact) mass is 629 g/mol. The highest BCUT2D eigenvalue weighted by Crippen LogP contribution is 2.20. The summed E-state index contributed by atoms with van der Waals surface area (Å²) in [6.45, 7) is 2.01. The molecule has 3 rings (SSSR count). The zero-order chi connectivity index (χ0) is 24.6. The van der Waals surface area contributed by atoms with E-state index in [1.54, 1.807) is 13.2 Å². The highest BCUT2D eigenvalue weighted by Gasteiger charge is 2.02. The largest absolute Gasteiger partial charge is 0.495 e. The van der Waals surface area contributed by atoms with E-state index in [4.69, 9.17) is 20.5 Å². The molecule has 3 aromatic carbocycles. The molecule has 0 bridgehead atoms. The predicted octanol–water partition coefficient (Wildman–Crippen LogP) is 7.68. The number of benzene rings is 3. The first-order chi connectivity index (χ1) is 16.0. The lowest BCUT2D eigenvalue weighted by molar-refractivity contribution is 0.413. The van der Waals surface area contributed by atoms with Gasteiger partial charge in [-0.3, -0.25) is 0 Å². The van der Waals surface area contributed by atoms with Crippen LogP contribution in [0.5, 0.6) is 5.75 Å². The molecule has 0 aliphatic carbocycles. The van der Waals surface area contributed by atoms with E-state index in [9.17, 15) is 0 Å². The summed E-state index contributed by atoms with van der Waals surface area (Å²) < 4.78 is 5.04. The average molecular weight is 632 g/mol. The molecule has 0 aromatic heterocycles. The number of aryl methyl sites for hydroxylation is 1. The molecular formula is C26H22Br3N3O. The Hall–Kier alpha value is -2.63. The average Bonchev–Trinajstić information content (AvgIpc) is 2.88. The number of methoxy groups -OCH3 is 1. The molecule has 0 saturated carbocycles. The highest BCUT2D eigenvalue weighted by atomic mass is 79.9. The Labute approximate surface area is 220 Å². The van der Waals surface area contributed by atoms with Gasteiger partial charge in [0.15, 0.2) is 0 Å². The molecule has 7 heteroatoms. The fourth-order valence-corrected chi connectivity index (χ4v) is 4.22. The summed E-state index contributed by atoms with van der Waals surface area (Å²) in [4.78, 5) is 0. The van der Waals surface area contributed by atoms with Crippen molar-refractivity contribution in [1.82, 2.24) is 0 Å². The van der Waals surface area contributed by atoms with Crippen molar-refractivity contribution in [2.75, 3.05) is 7.11 Å². The lowest BCUT2D eigenvalue weighted by atomic mass is 10.1. The van der Waals surface area contributed by atoms with Crippen LogP contribution in [0.3, 0.4) is 0 Å². The van der Waals surface area contributed by atoms with Crippen LogP contribution >= 0.6 is 47.8 Å². The third-order valence-corrected chi connectivity index (χ3v) is 6.30. The number of nitrogens with zero attached hydrogens (tertiary/aromatic N) is 3. The van der Waals surface area contributed by atoms with Gasteiger partial charge >= 0.3 is 0 Å². The molecule has 0 aliphatic rings. The van der Waals surface area contributed by atoms with Gasteiger partial charge in [-0.2, -0.15) is 15.8 Å². The van der Waals surface area contributed by atoms with Gasteiger partial charge in [0.2, 0.25) is 0 Å². The van der Waals surface area contributed by atoms with Crippen LogP contribution in [0.2, 0.25) is 0 Å². The molecule has 0 amide bonds. The number of halogens is 3. The Morgan fingerprint density at radius 1 is 0.727 bits per heavy atom. The van der Waals surface area contributed by atoms with Gasteiger partial charge < -0.3 is 4.74 Å². The number of nitriles is 3. The van der Waals surface area contributed by atoms with E-state index in [2.05, 4.69) is 66.0 Å². The molecule has 0 N–H and O–H groups in total. The molecule has 4 nitrogen and oxygen atoms in total. The van der Waals surface area contributed by atoms with Gasteiger partial charge in [0.25, 0.3) is 0 Å². The minimum absolute atomic E-state index is 0.571. The topological polar surface area (TPSA) is 80.6 Å². The molecular weight excluding hydrogens is 610 g/mol. The van der Waals surface area contributed by atoms with Crippen LogP contribution < -0.4 is 4.74 Å². The number of hydrogen-bond acceptors (Lipinski definition) is 4. The van der Waals surface area contributed by atoms with Crippen molar-refractivity contribution in [2.45, 2.75) is 22.9 Å². The van der Waals surface area contributed by atoms with Gasteiger partial charge in [-0.1, -0.05) is 84.2 Å². The molecule has 33 heavy (non-hydrogen) atoms. The molecule has 0 aliphatic heterocycles. The summed E-state index contributed by atoms with van der Waals surface area (Å²) in [5.74, 6) is 0.634. The zero-order valence-corrected chi connectivity index (χ0v) is 23.0. The molecule has 0 unspecified atom stereocenters. The summed E-state index contributed by atoms with van der Waals surface area (Å²) >= 11 is 9.98. The van der Waals surface area contributed by atoms with E-state index in [0.29, 0.717) is 11.3 Å². The number of hydrogen-bond donors (Lipinski definition) is 0. The predicted molar refractivity (Wildman–Crippen MR) is 143 cm³/mol. The molecule has 0 fully saturated rings. The van der Waals surface area contributed by atoms with Gasteiger partial charge in [-0.05, 0) is 53.4 Å². The SMILES string of the molecule is COc1cc(CBr)ccc1C#N.Cc1cccc(C#N)c1CBr.N#Cc1ccccc1CBr. The summed E-state index contributed by atoms with van der Waals surface area (Å²) in [5, 5.41) is 28.2. The fraction of sp³-hybridized carbons (Fsp3) is 0.192. The van der Waals surface area contributed by atoms with Crippen LogP contribution in [0.25, 0.3) is 0 Å². The third kappa shape index (κ3) is 9.03. The lowest BCUT2D eigenvalue weighted by Crippen LogP contribution is -1.89. The van der Waals surface area contributed by atoms with Crippen molar-refractivity contribution >= 4 is 47.8 Å². The minimum Gasteiger partial charge on any atom is -0.495 e. The quantitative estimate of drug-likeness (QED) is 0.277. The van der Waals surface area contributed by atoms with E-state index < -0.39 is 0 Å². The van der Waals surface area contributed by atoms with Crippen LogP contribution in [0.15, 0.2) is 60.7 Å². The van der Waals surface area contributed by atoms with Crippen molar-refractivity contribution in [1.29, 1.82) is 15.8 Å². The number of alkyl halides is 3. The smallest absolute Gasteiger partial charge is 0.136 e. The van der Waals surface area contributed by atoms with Gasteiger partial charge in [0.05, 0.1) is 35.9 Å². The maximum absolute atomic E-state index is 8.70. The van der Waals surface area contributed by atoms with Crippen molar-refractivity contribution in [3.8, 4) is 24.0 Å². The summed E-state index contributed by atoms with van der Waals surface area (Å²) in [6, 6.07) is 25.1. The Kier molecular flexibility index (Phi) is 13.8. The number of rotatable bonds is 4. The summed E-state index contributed by atoms with van der Waals surface area (Å²) in [5.41, 5.74) is 6.50. The molecule has 0 saturated heterocycles. The van der Waals surface area contributed by atoms with Crippen LogP contribution in [0.4, 0.5) is 0 Å². The van der Waals surface area contributed by atoms with Gasteiger partial charge in [-0.15, -0.1) is 0 Å². The van der Waals surface area contributed by atoms with Gasteiger partial charge in [0, 0.05) is 16.0 Å². The van der Waals surface area contributed by atoms with Crippen molar-refractivity contribution in [3.05, 3.63) is 99.6 Å². The molecule has 3 aromatic rings. The molecule has 0 radical (unpaired) electrons. The van der Waals surface area contributed by atoms with Crippen LogP contribution in [0, 0.1) is 40.9 Å². The first-order valence-corrected chi connectivity index (χ1v) is 13.1. The zero-order valence-electron chi connectivity index (χ0n) is 18.3. The fourth-order valence-electron chi connectivity index (χ4n) is 2.64. The van der Waals surface area contributed by atoms with Gasteiger partial charge in [0.1, 0.15) is 11.8 Å². The van der Waals surface area contributed by atoms with Crippen molar-refractivity contribution in [3.63, 3.8) is 0 Å². The lowest BCUT2D eigenvalue weighted by Gasteiger charge is -2.03. The van der Waals surface area contributed by atoms with Crippen molar-refractivity contribution in [2.24, 2.45) is 0 Å². The minimum atomic E-state index is 0.571. The first kappa shape index (κ1) is 28.4. The molecule has 168 valence electrons. The summed E-state index contributed by atoms with van der Waals surface area (Å²) in [7, 11) is 1.56. The van der Waals surface area contributed by atoms with E-state index >= 15 is 0 Å². The Morgan fingerprint density at radius 3 is 1.85 bits per heavy atom. The van der Waals surface area contributed by atoms with Crippen molar-refractivity contribution < 1.29 is 4.74 Å². The summed E-state index contributed by atoms with van der Waals surface area (Å²) in [6.07, 6.45) is 0. The highest BCUT2D eigenvalue weighted by molar-refractivity contribution is 9.09. The second kappa shape index (κ2) is 16.1. The second-order valence-corrected chi connectivity index (χ2v) is 8.21. The Balaban J connectivity index is 0.000000249. The van der Waals surface area contributed by atoms with E-state index in [1.165, 1.54) is 5.56 Å². The Morgan fingerprint density at radius 2 is 1.36 bits per heavy atom. The first-order valence-electron chi connectivity index (χ1n) is 9.71. The van der Waals surface area contributed by atoms with Crippen LogP contribution in [-0.4, -0.2) is 7.11 Å². The third-order valence-electron chi connectivity index (χ3n) is 4.49. The second-order valence-electron chi connectivity index (χ2n) is 6.53. The van der Waals surface area contributed by atoms with E-state index in [1.807, 2.05) is 61.5 Å². The normalized spacial score (nSPS) is 9.03. The van der Waals surface area contributed by atoms with Crippen LogP contribution in [-0.2, 0) is 16.0 Å². The molecule has 0 spiro atoms. The maximum atomic E-state index is 8.70. The Bertz CT molecular complexity index is 1170. The van der Waals surface area contributed by atoms with E-state index in [-0.39, 0.29) is 0 Å². The molecule has 0 atom stereocenters. The number of ether oxygens (including phenoxy) is 1.